The second kappa shape index (κ2) is 18.3. The van der Waals surface area contributed by atoms with E-state index >= 15 is 0 Å². The molecule has 0 aliphatic heterocycles. The maximum atomic E-state index is 2.31. The van der Waals surface area contributed by atoms with E-state index in [0.717, 1.165) is 0 Å². The summed E-state index contributed by atoms with van der Waals surface area (Å²) in [5.41, 5.74) is 12.1. The summed E-state index contributed by atoms with van der Waals surface area (Å²) in [5.74, 6) is 0. The molecule has 0 fully saturated rings. The van der Waals surface area contributed by atoms with Gasteiger partial charge in [-0.1, -0.05) is 133 Å². The standard InChI is InChI=1S/2C21H17.C7H8Si.2ClH.Zr/c2*1-14-10-17-11-15(2)13-21(20(17)12-14)19-9-5-7-16-6-3-4-8-18(16)19;8-6-7-4-2-1-3-5-7;;;/h2*3-13H,1-2H3;1-5,8H,6H2;2*1H;/q2*-1;;;;+2/p-2. The molecule has 0 aromatic heterocycles. The van der Waals surface area contributed by atoms with Gasteiger partial charge in [0.2, 0.25) is 0 Å². The molecule has 0 saturated heterocycles. The third-order valence-corrected chi connectivity index (χ3v) is 11.7. The molecule has 0 radical (unpaired) electrons. The van der Waals surface area contributed by atoms with Crippen LogP contribution in [0.3, 0.4) is 0 Å². The minimum atomic E-state index is 0. The first-order valence-corrected chi connectivity index (χ1v) is 23.4. The number of hydrogen-bond acceptors (Lipinski definition) is 0. The molecule has 9 aromatic rings. The van der Waals surface area contributed by atoms with Crippen LogP contribution in [0.25, 0.3) is 65.3 Å². The van der Waals surface area contributed by atoms with Crippen LogP contribution < -0.4 is 24.8 Å². The molecule has 0 heterocycles. The average Bonchev–Trinajstić information content (AvgIpc) is 3.72. The molecule has 53 heavy (non-hydrogen) atoms. The van der Waals surface area contributed by atoms with Crippen molar-refractivity contribution in [2.75, 3.05) is 0 Å². The summed E-state index contributed by atoms with van der Waals surface area (Å²) in [4.78, 5) is 0. The van der Waals surface area contributed by atoms with Gasteiger partial charge in [0.25, 0.3) is 0 Å². The zero-order valence-corrected chi connectivity index (χ0v) is 35.8. The summed E-state index contributed by atoms with van der Waals surface area (Å²) in [6.07, 6.45) is 0.715. The molecule has 0 nitrogen and oxygen atoms in total. The molecule has 9 rings (SSSR count). The Labute approximate surface area is 342 Å². The predicted octanol–water partition coefficient (Wildman–Crippen LogP) is 7.08. The zero-order chi connectivity index (χ0) is 35.3. The van der Waals surface area contributed by atoms with Crippen molar-refractivity contribution in [2.45, 2.75) is 33.7 Å². The van der Waals surface area contributed by atoms with Crippen molar-refractivity contribution in [1.29, 1.82) is 0 Å². The second-order valence-electron chi connectivity index (χ2n) is 13.6. The fraction of sp³-hybridized carbons (Fsp3) is 0.102. The third-order valence-electron chi connectivity index (χ3n) is 9.56. The van der Waals surface area contributed by atoms with Crippen LogP contribution in [0.1, 0.15) is 27.8 Å². The van der Waals surface area contributed by atoms with Gasteiger partial charge in [0.05, 0.1) is 0 Å². The Bertz CT molecular complexity index is 2460. The van der Waals surface area contributed by atoms with Crippen molar-refractivity contribution < 1.29 is 48.1 Å². The van der Waals surface area contributed by atoms with Crippen LogP contribution in [0, 0.1) is 27.7 Å². The van der Waals surface area contributed by atoms with Gasteiger partial charge >= 0.3 is 71.4 Å². The van der Waals surface area contributed by atoms with Crippen molar-refractivity contribution in [2.24, 2.45) is 0 Å². The van der Waals surface area contributed by atoms with Crippen molar-refractivity contribution in [1.82, 2.24) is 0 Å². The van der Waals surface area contributed by atoms with Crippen LogP contribution in [0.4, 0.5) is 0 Å². The first kappa shape index (κ1) is 40.2. The Kier molecular flexibility index (Phi) is 13.9. The maximum absolute atomic E-state index is 2.31. The van der Waals surface area contributed by atoms with Crippen LogP contribution >= 0.6 is 0 Å². The summed E-state index contributed by atoms with van der Waals surface area (Å²) >= 11 is 1.72. The van der Waals surface area contributed by atoms with Gasteiger partial charge in [-0.25, -0.2) is 0 Å². The van der Waals surface area contributed by atoms with Gasteiger partial charge in [0, 0.05) is 0 Å². The van der Waals surface area contributed by atoms with Crippen molar-refractivity contribution in [3.8, 4) is 22.3 Å². The quantitative estimate of drug-likeness (QED) is 0.132. The zero-order valence-electron chi connectivity index (χ0n) is 30.6. The Morgan fingerprint density at radius 3 is 1.30 bits per heavy atom. The fourth-order valence-electron chi connectivity index (χ4n) is 7.34. The third kappa shape index (κ3) is 9.20. The van der Waals surface area contributed by atoms with E-state index in [4.69, 9.17) is 0 Å². The van der Waals surface area contributed by atoms with Gasteiger partial charge in [-0.3, -0.25) is 0 Å². The monoisotopic (exact) mass is 818 g/mol. The summed E-state index contributed by atoms with van der Waals surface area (Å²) in [6.45, 7) is 8.69. The van der Waals surface area contributed by atoms with Crippen molar-refractivity contribution in [3.05, 3.63) is 192 Å². The van der Waals surface area contributed by atoms with E-state index in [9.17, 15) is 0 Å². The van der Waals surface area contributed by atoms with Gasteiger partial charge in [0.1, 0.15) is 0 Å². The van der Waals surface area contributed by atoms with Gasteiger partial charge < -0.3 is 24.8 Å². The first-order chi connectivity index (χ1) is 24.9. The SMILES string of the molecule is Cc1cc(-c2cccc3ccccc23)c2cc(C)[cH-]c2c1.Cc1cc(-c2cccc3ccccc23)c2cc(C)[cH-]c2c1.[Cl-].[Cl-].[Zr+2]=[SiH]Cc1ccccc1. The number of rotatable bonds is 4. The van der Waals surface area contributed by atoms with E-state index in [1.54, 1.807) is 23.3 Å². The fourth-order valence-corrected chi connectivity index (χ4v) is 9.59. The topological polar surface area (TPSA) is 0 Å². The Hall–Kier alpha value is -4.04. The van der Waals surface area contributed by atoms with Gasteiger partial charge in [-0.05, 0) is 46.5 Å². The summed E-state index contributed by atoms with van der Waals surface area (Å²) in [6, 6.07) is 60.7. The molecule has 0 spiro atoms. The molecule has 0 saturated carbocycles. The van der Waals surface area contributed by atoms with Crippen molar-refractivity contribution >= 4 is 49.2 Å². The van der Waals surface area contributed by atoms with E-state index in [2.05, 4.69) is 191 Å². The predicted molar refractivity (Wildman–Crippen MR) is 221 cm³/mol. The normalized spacial score (nSPS) is 10.5. The van der Waals surface area contributed by atoms with Crippen LogP contribution in [0.15, 0.2) is 164 Å². The molecule has 9 aromatic carbocycles. The first-order valence-electron chi connectivity index (χ1n) is 17.7. The number of halogens is 2. The molecule has 0 bridgehead atoms. The molecule has 0 N–H and O–H groups in total. The Balaban J connectivity index is 0.000000162. The molecular formula is C49H42Cl2SiZr-2. The van der Waals surface area contributed by atoms with Crippen LogP contribution in [-0.2, 0) is 29.4 Å². The summed E-state index contributed by atoms with van der Waals surface area (Å²) < 4.78 is 0. The van der Waals surface area contributed by atoms with Crippen LogP contribution in [0.5, 0.6) is 0 Å². The number of benzene rings is 7. The number of fused-ring (bicyclic) bond motifs is 4. The van der Waals surface area contributed by atoms with Crippen LogP contribution in [0.2, 0.25) is 0 Å². The molecule has 262 valence electrons. The van der Waals surface area contributed by atoms with E-state index in [1.807, 2.05) is 0 Å². The number of hydrogen-bond donors (Lipinski definition) is 0. The van der Waals surface area contributed by atoms with E-state index in [1.165, 1.54) is 99.2 Å². The Morgan fingerprint density at radius 1 is 0.434 bits per heavy atom. The molecule has 4 heteroatoms. The molecule has 0 aliphatic carbocycles. The molecule has 0 unspecified atom stereocenters. The summed E-state index contributed by atoms with van der Waals surface area (Å²) in [7, 11) is 0. The number of aryl methyl sites for hydroxylation is 4. The molecule has 0 aliphatic rings. The Morgan fingerprint density at radius 2 is 0.849 bits per heavy atom. The minimum absolute atomic E-state index is 0. The average molecular weight is 821 g/mol. The second-order valence-corrected chi connectivity index (χ2v) is 17.5. The van der Waals surface area contributed by atoms with Gasteiger partial charge in [-0.15, -0.1) is 56.9 Å². The molecule has 0 amide bonds. The molecular weight excluding hydrogens is 779 g/mol. The van der Waals surface area contributed by atoms with Gasteiger partial charge in [0.15, 0.2) is 0 Å². The summed E-state index contributed by atoms with van der Waals surface area (Å²) in [5, 5.41) is 10.6. The van der Waals surface area contributed by atoms with Crippen LogP contribution in [-0.4, -0.2) is 6.16 Å². The van der Waals surface area contributed by atoms with E-state index in [0.29, 0.717) is 6.16 Å². The van der Waals surface area contributed by atoms with Crippen molar-refractivity contribution in [3.63, 3.8) is 0 Å². The molecule has 0 atom stereocenters. The van der Waals surface area contributed by atoms with E-state index < -0.39 is 0 Å². The van der Waals surface area contributed by atoms with Gasteiger partial charge in [-0.2, -0.15) is 12.1 Å². The van der Waals surface area contributed by atoms with E-state index in [-0.39, 0.29) is 24.8 Å².